The summed E-state index contributed by atoms with van der Waals surface area (Å²) >= 11 is 0. The molecule has 2 aromatic heterocycles. The molecule has 1 atom stereocenters. The zero-order chi connectivity index (χ0) is 14.9. The van der Waals surface area contributed by atoms with Gasteiger partial charge in [-0.25, -0.2) is 9.50 Å². The average molecular weight is 300 g/mol. The fourth-order valence-electron chi connectivity index (χ4n) is 2.40. The molecular weight excluding hydrogens is 285 g/mol. The first-order valence-electron chi connectivity index (χ1n) is 6.77. The van der Waals surface area contributed by atoms with E-state index in [1.165, 1.54) is 16.9 Å². The quantitative estimate of drug-likeness (QED) is 0.943. The van der Waals surface area contributed by atoms with Crippen molar-refractivity contribution in [2.45, 2.75) is 19.0 Å². The molecule has 0 radical (unpaired) electrons. The molecule has 0 aliphatic carbocycles. The van der Waals surface area contributed by atoms with Gasteiger partial charge in [0.1, 0.15) is 5.52 Å². The predicted molar refractivity (Wildman–Crippen MR) is 70.0 cm³/mol. The Hall–Kier alpha value is -1.83. The van der Waals surface area contributed by atoms with Gasteiger partial charge in [-0.1, -0.05) is 0 Å². The first-order valence-corrected chi connectivity index (χ1v) is 6.77. The first-order chi connectivity index (χ1) is 10.0. The molecule has 1 aliphatic rings. The number of fused-ring (bicyclic) bond motifs is 1. The summed E-state index contributed by atoms with van der Waals surface area (Å²) in [5.41, 5.74) is -0.588. The van der Waals surface area contributed by atoms with Crippen molar-refractivity contribution >= 4 is 11.3 Å². The Bertz CT molecular complexity index is 619. The van der Waals surface area contributed by atoms with E-state index in [0.717, 1.165) is 32.1 Å². The number of hydrogen-bond donors (Lipinski definition) is 1. The largest absolute Gasteiger partial charge is 0.435 e. The molecule has 1 saturated heterocycles. The van der Waals surface area contributed by atoms with Gasteiger partial charge in [0, 0.05) is 38.2 Å². The lowest BCUT2D eigenvalue weighted by Gasteiger charge is -2.09. The minimum absolute atomic E-state index is 0.326. The second-order valence-corrected chi connectivity index (χ2v) is 5.08. The van der Waals surface area contributed by atoms with Crippen molar-refractivity contribution in [2.75, 3.05) is 25.1 Å². The zero-order valence-electron chi connectivity index (χ0n) is 11.2. The van der Waals surface area contributed by atoms with Crippen molar-refractivity contribution < 1.29 is 17.9 Å². The maximum atomic E-state index is 12.7. The van der Waals surface area contributed by atoms with Crippen LogP contribution in [0.25, 0.3) is 5.52 Å². The topological polar surface area (TPSA) is 51.5 Å². The van der Waals surface area contributed by atoms with Gasteiger partial charge in [-0.2, -0.15) is 18.3 Å². The molecule has 0 spiro atoms. The van der Waals surface area contributed by atoms with Crippen LogP contribution in [-0.4, -0.2) is 34.4 Å². The Labute approximate surface area is 119 Å². The molecule has 1 unspecified atom stereocenters. The van der Waals surface area contributed by atoms with Gasteiger partial charge in [-0.3, -0.25) is 0 Å². The maximum Gasteiger partial charge on any atom is 0.435 e. The molecule has 3 heterocycles. The summed E-state index contributed by atoms with van der Waals surface area (Å²) in [6.07, 6.45) is 0.319. The lowest BCUT2D eigenvalue weighted by molar-refractivity contribution is -0.141. The van der Waals surface area contributed by atoms with Crippen LogP contribution in [-0.2, 0) is 10.9 Å². The van der Waals surface area contributed by atoms with E-state index in [1.54, 1.807) is 0 Å². The van der Waals surface area contributed by atoms with Gasteiger partial charge in [0.25, 0.3) is 0 Å². The van der Waals surface area contributed by atoms with Crippen LogP contribution in [0.5, 0.6) is 0 Å². The number of halogens is 3. The fourth-order valence-corrected chi connectivity index (χ4v) is 2.40. The van der Waals surface area contributed by atoms with E-state index in [4.69, 9.17) is 4.74 Å². The van der Waals surface area contributed by atoms with Crippen LogP contribution in [0.3, 0.4) is 0 Å². The Morgan fingerprint density at radius 3 is 3.00 bits per heavy atom. The molecule has 21 heavy (non-hydrogen) atoms. The summed E-state index contributed by atoms with van der Waals surface area (Å²) < 4.78 is 44.5. The highest BCUT2D eigenvalue weighted by molar-refractivity contribution is 5.67. The summed E-state index contributed by atoms with van der Waals surface area (Å²) in [5, 5.41) is 6.61. The van der Waals surface area contributed by atoms with Crippen LogP contribution in [0.1, 0.15) is 18.5 Å². The van der Waals surface area contributed by atoms with Crippen molar-refractivity contribution in [2.24, 2.45) is 5.92 Å². The second-order valence-electron chi connectivity index (χ2n) is 5.08. The number of ether oxygens (including phenoxy) is 1. The van der Waals surface area contributed by atoms with E-state index >= 15 is 0 Å². The minimum Gasteiger partial charge on any atom is -0.381 e. The summed E-state index contributed by atoms with van der Waals surface area (Å²) in [4.78, 5) is 4.10. The standard InChI is InChI=1S/C13H15F3N4O/c14-13(15,16)11-7-10-12(18-4-5-20(10)19-11)17-3-1-9-2-6-21-8-9/h4-5,7,9H,1-3,6,8H2,(H,17,18). The maximum absolute atomic E-state index is 12.7. The van der Waals surface area contributed by atoms with E-state index in [9.17, 15) is 13.2 Å². The molecule has 1 N–H and O–H groups in total. The number of nitrogens with zero attached hydrogens (tertiary/aromatic N) is 3. The van der Waals surface area contributed by atoms with Gasteiger partial charge in [-0.05, 0) is 18.8 Å². The third kappa shape index (κ3) is 3.10. The summed E-state index contributed by atoms with van der Waals surface area (Å²) in [5.74, 6) is 0.923. The molecule has 0 bridgehead atoms. The number of rotatable bonds is 4. The van der Waals surface area contributed by atoms with Crippen molar-refractivity contribution in [1.29, 1.82) is 0 Å². The first kappa shape index (κ1) is 14.1. The summed E-state index contributed by atoms with van der Waals surface area (Å²) in [6.45, 7) is 2.19. The van der Waals surface area contributed by atoms with Crippen LogP contribution in [0.15, 0.2) is 18.5 Å². The summed E-state index contributed by atoms with van der Waals surface area (Å²) in [6, 6.07) is 1.01. The molecule has 0 saturated carbocycles. The minimum atomic E-state index is -4.45. The highest BCUT2D eigenvalue weighted by atomic mass is 19.4. The lowest BCUT2D eigenvalue weighted by atomic mass is 10.1. The van der Waals surface area contributed by atoms with Crippen LogP contribution in [0.4, 0.5) is 19.0 Å². The second kappa shape index (κ2) is 5.51. The van der Waals surface area contributed by atoms with Gasteiger partial charge >= 0.3 is 6.18 Å². The lowest BCUT2D eigenvalue weighted by Crippen LogP contribution is -2.10. The molecular formula is C13H15F3N4O. The Morgan fingerprint density at radius 2 is 2.29 bits per heavy atom. The number of hydrogen-bond acceptors (Lipinski definition) is 4. The molecule has 2 aromatic rings. The van der Waals surface area contributed by atoms with E-state index in [0.29, 0.717) is 23.8 Å². The fraction of sp³-hybridized carbons (Fsp3) is 0.538. The number of anilines is 1. The number of aromatic nitrogens is 3. The Balaban J connectivity index is 1.73. The van der Waals surface area contributed by atoms with Crippen molar-refractivity contribution in [3.8, 4) is 0 Å². The average Bonchev–Trinajstić information content (AvgIpc) is 3.06. The normalized spacial score (nSPS) is 19.3. The molecule has 114 valence electrons. The van der Waals surface area contributed by atoms with Crippen molar-refractivity contribution in [1.82, 2.24) is 14.6 Å². The molecule has 0 amide bonds. The smallest absolute Gasteiger partial charge is 0.381 e. The number of alkyl halides is 3. The van der Waals surface area contributed by atoms with Gasteiger partial charge in [0.15, 0.2) is 11.5 Å². The third-order valence-electron chi connectivity index (χ3n) is 3.55. The van der Waals surface area contributed by atoms with Crippen LogP contribution >= 0.6 is 0 Å². The summed E-state index contributed by atoms with van der Waals surface area (Å²) in [7, 11) is 0. The van der Waals surface area contributed by atoms with Crippen LogP contribution in [0, 0.1) is 5.92 Å². The Kier molecular flexibility index (Phi) is 3.71. The van der Waals surface area contributed by atoms with Crippen LogP contribution < -0.4 is 5.32 Å². The molecule has 0 aromatic carbocycles. The van der Waals surface area contributed by atoms with Gasteiger partial charge in [0.2, 0.25) is 0 Å². The molecule has 1 aliphatic heterocycles. The highest BCUT2D eigenvalue weighted by Gasteiger charge is 2.34. The third-order valence-corrected chi connectivity index (χ3v) is 3.55. The van der Waals surface area contributed by atoms with Gasteiger partial charge in [0.05, 0.1) is 0 Å². The monoisotopic (exact) mass is 300 g/mol. The molecule has 5 nitrogen and oxygen atoms in total. The molecule has 3 rings (SSSR count). The SMILES string of the molecule is FC(F)(F)c1cc2c(NCCC3CCOC3)nccn2n1. The van der Waals surface area contributed by atoms with E-state index < -0.39 is 11.9 Å². The molecule has 1 fully saturated rings. The number of nitrogens with one attached hydrogen (secondary N) is 1. The van der Waals surface area contributed by atoms with E-state index in [1.807, 2.05) is 0 Å². The van der Waals surface area contributed by atoms with E-state index in [-0.39, 0.29) is 0 Å². The van der Waals surface area contributed by atoms with Gasteiger partial charge < -0.3 is 10.1 Å². The van der Waals surface area contributed by atoms with Crippen molar-refractivity contribution in [3.63, 3.8) is 0 Å². The highest BCUT2D eigenvalue weighted by Crippen LogP contribution is 2.30. The Morgan fingerprint density at radius 1 is 1.43 bits per heavy atom. The molecule has 8 heteroatoms. The van der Waals surface area contributed by atoms with Crippen LogP contribution in [0.2, 0.25) is 0 Å². The van der Waals surface area contributed by atoms with Gasteiger partial charge in [-0.15, -0.1) is 0 Å². The predicted octanol–water partition coefficient (Wildman–Crippen LogP) is 2.59. The zero-order valence-corrected chi connectivity index (χ0v) is 11.2. The van der Waals surface area contributed by atoms with Crippen molar-refractivity contribution in [3.05, 3.63) is 24.2 Å². The van der Waals surface area contributed by atoms with E-state index in [2.05, 4.69) is 15.4 Å².